The zero-order valence-electron chi connectivity index (χ0n) is 20.6. The zero-order valence-corrected chi connectivity index (χ0v) is 20.6. The van der Waals surface area contributed by atoms with Crippen molar-refractivity contribution in [2.75, 3.05) is 26.2 Å². The van der Waals surface area contributed by atoms with Crippen LogP contribution in [0.3, 0.4) is 0 Å². The molecule has 0 spiro atoms. The van der Waals surface area contributed by atoms with Gasteiger partial charge in [0.1, 0.15) is 12.4 Å². The van der Waals surface area contributed by atoms with E-state index in [4.69, 9.17) is 37.3 Å². The van der Waals surface area contributed by atoms with E-state index < -0.39 is 17.9 Å². The number of carboxylic acid groups (broad SMARTS) is 3. The second-order valence-electron chi connectivity index (χ2n) is 8.46. The average molecular weight is 498 g/mol. The summed E-state index contributed by atoms with van der Waals surface area (Å²) in [5.74, 6) is -1.16. The van der Waals surface area contributed by atoms with Gasteiger partial charge in [0.15, 0.2) is 0 Å². The molecule has 1 aromatic carbocycles. The second-order valence-corrected chi connectivity index (χ2v) is 8.46. The van der Waals surface area contributed by atoms with Crippen molar-refractivity contribution in [2.24, 2.45) is 29.0 Å². The number of aromatic carboxylic acids is 1. The summed E-state index contributed by atoms with van der Waals surface area (Å²) in [5.41, 5.74) is 16.3. The van der Waals surface area contributed by atoms with Gasteiger partial charge >= 0.3 is 17.9 Å². The molecule has 0 radical (unpaired) electrons. The van der Waals surface area contributed by atoms with Crippen molar-refractivity contribution in [3.63, 3.8) is 0 Å². The summed E-state index contributed by atoms with van der Waals surface area (Å²) in [6, 6.07) is 6.21. The molecule has 0 aliphatic heterocycles. The molecule has 35 heavy (non-hydrogen) atoms. The van der Waals surface area contributed by atoms with E-state index in [-0.39, 0.29) is 11.5 Å². The lowest BCUT2D eigenvalue weighted by atomic mass is 9.82. The quantitative estimate of drug-likeness (QED) is 0.220. The summed E-state index contributed by atoms with van der Waals surface area (Å²) >= 11 is 0. The number of ether oxygens (including phenoxy) is 1. The summed E-state index contributed by atoms with van der Waals surface area (Å²) in [5, 5.41) is 25.6. The Hall–Kier alpha value is -2.69. The van der Waals surface area contributed by atoms with Crippen molar-refractivity contribution < 1.29 is 34.4 Å². The molecule has 0 amide bonds. The van der Waals surface area contributed by atoms with Gasteiger partial charge in [-0.1, -0.05) is 19.3 Å². The normalized spacial score (nSPS) is 16.7. The standard InChI is InChI=1S/C9H11NO3.C8H15NO2.C8H17NO2/c10-5-6-13-8-3-1-7(2-4-8)9(11)12;9-5-6-1-3-7(4-2-6)8(10)11;9-7-5-3-1-2-4-6-8(10)11/h1-4H,5-6,10H2,(H,11,12);6-7H,1-5,9H2,(H,10,11);1-7,9H2,(H,10,11)/t;6-,7-;. The molecule has 0 heterocycles. The highest BCUT2D eigenvalue weighted by molar-refractivity contribution is 5.87. The molecule has 10 heteroatoms. The summed E-state index contributed by atoms with van der Waals surface area (Å²) in [7, 11) is 0. The molecule has 1 aromatic rings. The number of hydrogen-bond acceptors (Lipinski definition) is 7. The van der Waals surface area contributed by atoms with Crippen molar-refractivity contribution in [3.05, 3.63) is 29.8 Å². The molecule has 1 aliphatic carbocycles. The van der Waals surface area contributed by atoms with Gasteiger partial charge in [0, 0.05) is 13.0 Å². The van der Waals surface area contributed by atoms with Crippen molar-refractivity contribution in [1.29, 1.82) is 0 Å². The molecule has 0 aromatic heterocycles. The van der Waals surface area contributed by atoms with Gasteiger partial charge in [-0.3, -0.25) is 9.59 Å². The fraction of sp³-hybridized carbons (Fsp3) is 0.640. The summed E-state index contributed by atoms with van der Waals surface area (Å²) in [4.78, 5) is 31.1. The predicted octanol–water partition coefficient (Wildman–Crippen LogP) is 2.93. The van der Waals surface area contributed by atoms with Gasteiger partial charge in [0.05, 0.1) is 11.5 Å². The molecular weight excluding hydrogens is 454 g/mol. The Kier molecular flexibility index (Phi) is 19.1. The second kappa shape index (κ2) is 20.7. The first kappa shape index (κ1) is 32.3. The molecule has 1 aliphatic rings. The molecule has 0 unspecified atom stereocenters. The van der Waals surface area contributed by atoms with E-state index in [0.29, 0.717) is 37.8 Å². The highest BCUT2D eigenvalue weighted by Gasteiger charge is 2.24. The Bertz CT molecular complexity index is 706. The smallest absolute Gasteiger partial charge is 0.335 e. The first-order valence-electron chi connectivity index (χ1n) is 12.3. The van der Waals surface area contributed by atoms with Gasteiger partial charge < -0.3 is 37.3 Å². The molecule has 1 fully saturated rings. The van der Waals surface area contributed by atoms with Crippen molar-refractivity contribution in [3.8, 4) is 5.75 Å². The maximum Gasteiger partial charge on any atom is 0.335 e. The van der Waals surface area contributed by atoms with Gasteiger partial charge in [0.2, 0.25) is 0 Å². The predicted molar refractivity (Wildman–Crippen MR) is 134 cm³/mol. The van der Waals surface area contributed by atoms with Crippen LogP contribution in [-0.2, 0) is 9.59 Å². The van der Waals surface area contributed by atoms with Crippen LogP contribution in [-0.4, -0.2) is 59.5 Å². The Balaban J connectivity index is 0.000000498. The minimum absolute atomic E-state index is 0.0993. The van der Waals surface area contributed by atoms with E-state index in [2.05, 4.69) is 0 Å². The lowest BCUT2D eigenvalue weighted by Crippen LogP contribution is -2.25. The van der Waals surface area contributed by atoms with E-state index in [9.17, 15) is 14.4 Å². The van der Waals surface area contributed by atoms with Gasteiger partial charge in [-0.25, -0.2) is 4.79 Å². The molecule has 1 saturated carbocycles. The van der Waals surface area contributed by atoms with Crippen LogP contribution in [0.2, 0.25) is 0 Å². The highest BCUT2D eigenvalue weighted by Crippen LogP contribution is 2.27. The minimum Gasteiger partial charge on any atom is -0.492 e. The van der Waals surface area contributed by atoms with E-state index in [1.807, 2.05) is 0 Å². The molecule has 200 valence electrons. The first-order chi connectivity index (χ1) is 16.7. The van der Waals surface area contributed by atoms with Gasteiger partial charge in [-0.05, 0) is 81.8 Å². The maximum atomic E-state index is 10.5. The van der Waals surface area contributed by atoms with Crippen LogP contribution < -0.4 is 21.9 Å². The van der Waals surface area contributed by atoms with Crippen LogP contribution in [0.4, 0.5) is 0 Å². The van der Waals surface area contributed by atoms with E-state index in [1.165, 1.54) is 12.1 Å². The Morgan fingerprint density at radius 1 is 0.800 bits per heavy atom. The van der Waals surface area contributed by atoms with Crippen LogP contribution in [0.5, 0.6) is 5.75 Å². The molecule has 0 atom stereocenters. The van der Waals surface area contributed by atoms with Crippen LogP contribution in [0.1, 0.15) is 74.6 Å². The van der Waals surface area contributed by atoms with E-state index >= 15 is 0 Å². The number of carbonyl (C=O) groups is 3. The number of nitrogens with two attached hydrogens (primary N) is 3. The number of aliphatic carboxylic acids is 2. The van der Waals surface area contributed by atoms with Crippen LogP contribution in [0, 0.1) is 11.8 Å². The largest absolute Gasteiger partial charge is 0.492 e. The fourth-order valence-corrected chi connectivity index (χ4v) is 3.47. The summed E-state index contributed by atoms with van der Waals surface area (Å²) in [6.45, 7) is 2.35. The average Bonchev–Trinajstić information content (AvgIpc) is 2.85. The van der Waals surface area contributed by atoms with Gasteiger partial charge in [0.25, 0.3) is 0 Å². The number of unbranched alkanes of at least 4 members (excludes halogenated alkanes) is 4. The van der Waals surface area contributed by atoms with Gasteiger partial charge in [-0.2, -0.15) is 0 Å². The topological polar surface area (TPSA) is 199 Å². The number of hydrogen-bond donors (Lipinski definition) is 6. The van der Waals surface area contributed by atoms with Crippen molar-refractivity contribution >= 4 is 17.9 Å². The molecule has 2 rings (SSSR count). The lowest BCUT2D eigenvalue weighted by molar-refractivity contribution is -0.143. The summed E-state index contributed by atoms with van der Waals surface area (Å²) in [6.07, 6.45) is 9.07. The van der Waals surface area contributed by atoms with E-state index in [0.717, 1.165) is 64.3 Å². The maximum absolute atomic E-state index is 10.5. The van der Waals surface area contributed by atoms with Crippen LogP contribution >= 0.6 is 0 Å². The highest BCUT2D eigenvalue weighted by atomic mass is 16.5. The fourth-order valence-electron chi connectivity index (χ4n) is 3.47. The van der Waals surface area contributed by atoms with Crippen molar-refractivity contribution in [1.82, 2.24) is 0 Å². The third-order valence-electron chi connectivity index (χ3n) is 5.61. The first-order valence-corrected chi connectivity index (χ1v) is 12.3. The molecule has 0 saturated heterocycles. The number of carboxylic acids is 3. The monoisotopic (exact) mass is 497 g/mol. The summed E-state index contributed by atoms with van der Waals surface area (Å²) < 4.78 is 5.17. The third kappa shape index (κ3) is 17.4. The van der Waals surface area contributed by atoms with Crippen LogP contribution in [0.25, 0.3) is 0 Å². The number of rotatable bonds is 13. The molecule has 10 nitrogen and oxygen atoms in total. The number of benzene rings is 1. The Labute approximate surface area is 207 Å². The Morgan fingerprint density at radius 3 is 1.83 bits per heavy atom. The van der Waals surface area contributed by atoms with Gasteiger partial charge in [-0.15, -0.1) is 0 Å². The lowest BCUT2D eigenvalue weighted by Gasteiger charge is -2.24. The minimum atomic E-state index is -0.939. The SMILES string of the molecule is NCCCCCCCC(=O)O.NCCOc1ccc(C(=O)O)cc1.NC[C@H]1CC[C@H](C(=O)O)CC1. The molecule has 9 N–H and O–H groups in total. The van der Waals surface area contributed by atoms with Crippen LogP contribution in [0.15, 0.2) is 24.3 Å². The Morgan fingerprint density at radius 2 is 1.37 bits per heavy atom. The molecule has 0 bridgehead atoms. The molecular formula is C25H43N3O7. The van der Waals surface area contributed by atoms with Crippen molar-refractivity contribution in [2.45, 2.75) is 64.2 Å². The third-order valence-corrected chi connectivity index (χ3v) is 5.61. The zero-order chi connectivity index (χ0) is 26.5. The van der Waals surface area contributed by atoms with E-state index in [1.54, 1.807) is 12.1 Å².